The van der Waals surface area contributed by atoms with Crippen LogP contribution in [0.15, 0.2) is 66.7 Å². The van der Waals surface area contributed by atoms with Crippen molar-refractivity contribution in [2.45, 2.75) is 19.4 Å². The molecule has 34 heavy (non-hydrogen) atoms. The molecule has 0 unspecified atom stereocenters. The molecular formula is C27H27FN4O2. The van der Waals surface area contributed by atoms with Crippen LogP contribution >= 0.6 is 0 Å². The molecule has 0 aliphatic carbocycles. The van der Waals surface area contributed by atoms with Gasteiger partial charge >= 0.3 is 0 Å². The number of nitrogens with one attached hydrogen (secondary N) is 2. The molecule has 4 rings (SSSR count). The van der Waals surface area contributed by atoms with E-state index in [0.29, 0.717) is 28.9 Å². The highest BCUT2D eigenvalue weighted by atomic mass is 19.1. The van der Waals surface area contributed by atoms with Gasteiger partial charge in [0.1, 0.15) is 5.82 Å². The molecule has 1 aliphatic heterocycles. The molecule has 1 heterocycles. The number of primary amides is 1. The van der Waals surface area contributed by atoms with Crippen LogP contribution in [0.5, 0.6) is 0 Å². The molecule has 0 fully saturated rings. The zero-order chi connectivity index (χ0) is 24.2. The number of rotatable bonds is 8. The van der Waals surface area contributed by atoms with E-state index in [-0.39, 0.29) is 18.2 Å². The lowest BCUT2D eigenvalue weighted by Gasteiger charge is -2.16. The third-order valence-electron chi connectivity index (χ3n) is 5.60. The van der Waals surface area contributed by atoms with Gasteiger partial charge in [0.2, 0.25) is 5.91 Å². The number of fused-ring (bicyclic) bond motifs is 1. The van der Waals surface area contributed by atoms with E-state index in [1.165, 1.54) is 17.7 Å². The maximum atomic E-state index is 13.8. The van der Waals surface area contributed by atoms with Gasteiger partial charge in [-0.3, -0.25) is 9.59 Å². The first kappa shape index (κ1) is 23.2. The Morgan fingerprint density at radius 2 is 1.68 bits per heavy atom. The zero-order valence-electron chi connectivity index (χ0n) is 19.2. The van der Waals surface area contributed by atoms with Crippen molar-refractivity contribution in [1.82, 2.24) is 4.90 Å². The first-order valence-corrected chi connectivity index (χ1v) is 11.0. The molecule has 0 radical (unpaired) electrons. The third kappa shape index (κ3) is 5.32. The lowest BCUT2D eigenvalue weighted by Crippen LogP contribution is -2.12. The Hall–Kier alpha value is -3.97. The normalized spacial score (nSPS) is 14.1. The Bertz CT molecular complexity index is 1250. The van der Waals surface area contributed by atoms with Gasteiger partial charge < -0.3 is 21.3 Å². The average Bonchev–Trinajstić information content (AvgIpc) is 3.11. The van der Waals surface area contributed by atoms with E-state index >= 15 is 0 Å². The van der Waals surface area contributed by atoms with Crippen LogP contribution in [0.1, 0.15) is 28.7 Å². The Balaban J connectivity index is 1.74. The van der Waals surface area contributed by atoms with Gasteiger partial charge in [-0.2, -0.15) is 0 Å². The van der Waals surface area contributed by atoms with Crippen LogP contribution < -0.4 is 16.4 Å². The SMILES string of the molecule is CN(C)Cc1ccc(N/C(=C2\C(=O)Nc3cc(F)ccc32)c2ccc(CCC(N)=O)cc2)cc1. The van der Waals surface area contributed by atoms with Crippen LogP contribution in [0.4, 0.5) is 15.8 Å². The minimum absolute atomic E-state index is 0.270. The highest BCUT2D eigenvalue weighted by Crippen LogP contribution is 2.38. The predicted octanol–water partition coefficient (Wildman–Crippen LogP) is 4.24. The van der Waals surface area contributed by atoms with E-state index in [2.05, 4.69) is 15.5 Å². The van der Waals surface area contributed by atoms with Crippen LogP contribution in [0.2, 0.25) is 0 Å². The summed E-state index contributed by atoms with van der Waals surface area (Å²) in [6.07, 6.45) is 0.817. The van der Waals surface area contributed by atoms with E-state index in [0.717, 1.165) is 23.4 Å². The molecule has 0 saturated heterocycles. The monoisotopic (exact) mass is 458 g/mol. The first-order chi connectivity index (χ1) is 16.3. The molecule has 0 spiro atoms. The fraction of sp³-hybridized carbons (Fsp3) is 0.185. The number of halogens is 1. The molecule has 174 valence electrons. The molecule has 0 atom stereocenters. The topological polar surface area (TPSA) is 87.5 Å². The molecule has 0 bridgehead atoms. The molecule has 7 heteroatoms. The second kappa shape index (κ2) is 9.89. The van der Waals surface area contributed by atoms with E-state index in [1.54, 1.807) is 6.07 Å². The second-order valence-electron chi connectivity index (χ2n) is 8.62. The fourth-order valence-electron chi connectivity index (χ4n) is 3.98. The number of hydrogen-bond acceptors (Lipinski definition) is 4. The summed E-state index contributed by atoms with van der Waals surface area (Å²) in [5.41, 5.74) is 11.2. The quantitative estimate of drug-likeness (QED) is 0.441. The number of benzene rings is 3. The molecule has 3 aromatic rings. The molecule has 2 amide bonds. The molecule has 0 saturated carbocycles. The summed E-state index contributed by atoms with van der Waals surface area (Å²) >= 11 is 0. The standard InChI is InChI=1S/C27H27FN4O2/c1-32(2)16-18-5-11-21(12-6-18)30-26(19-8-3-17(4-9-19)7-14-24(29)33)25-22-13-10-20(28)15-23(22)31-27(25)34/h3-6,8-13,15,30H,7,14,16H2,1-2H3,(H2,29,33)(H,31,34)/b26-25-. The number of hydrogen-bond donors (Lipinski definition) is 3. The van der Waals surface area contributed by atoms with Gasteiger partial charge in [-0.25, -0.2) is 4.39 Å². The number of carbonyl (C=O) groups is 2. The molecular weight excluding hydrogens is 431 g/mol. The Labute approximate surface area is 198 Å². The number of nitrogens with two attached hydrogens (primary N) is 1. The minimum Gasteiger partial charge on any atom is -0.370 e. The van der Waals surface area contributed by atoms with Crippen molar-refractivity contribution < 1.29 is 14.0 Å². The summed E-state index contributed by atoms with van der Waals surface area (Å²) < 4.78 is 13.8. The summed E-state index contributed by atoms with van der Waals surface area (Å²) in [6, 6.07) is 19.9. The highest BCUT2D eigenvalue weighted by Gasteiger charge is 2.28. The van der Waals surface area contributed by atoms with Gasteiger partial charge in [0.25, 0.3) is 5.91 Å². The van der Waals surface area contributed by atoms with E-state index in [4.69, 9.17) is 5.73 Å². The van der Waals surface area contributed by atoms with Crippen molar-refractivity contribution >= 4 is 34.5 Å². The van der Waals surface area contributed by atoms with Crippen molar-refractivity contribution in [1.29, 1.82) is 0 Å². The largest absolute Gasteiger partial charge is 0.370 e. The zero-order valence-corrected chi connectivity index (χ0v) is 19.2. The predicted molar refractivity (Wildman–Crippen MR) is 133 cm³/mol. The van der Waals surface area contributed by atoms with E-state index in [9.17, 15) is 14.0 Å². The first-order valence-electron chi connectivity index (χ1n) is 11.0. The van der Waals surface area contributed by atoms with Crippen LogP contribution in [0.3, 0.4) is 0 Å². The second-order valence-corrected chi connectivity index (χ2v) is 8.62. The molecule has 0 aromatic heterocycles. The van der Waals surface area contributed by atoms with Gasteiger partial charge in [0, 0.05) is 24.2 Å². The van der Waals surface area contributed by atoms with Crippen molar-refractivity contribution in [3.05, 3.63) is 94.8 Å². The number of amides is 2. The highest BCUT2D eigenvalue weighted by molar-refractivity contribution is 6.37. The lowest BCUT2D eigenvalue weighted by atomic mass is 9.98. The van der Waals surface area contributed by atoms with Crippen molar-refractivity contribution in [2.75, 3.05) is 24.7 Å². The van der Waals surface area contributed by atoms with Crippen LogP contribution in [-0.4, -0.2) is 30.8 Å². The molecule has 3 aromatic carbocycles. The maximum absolute atomic E-state index is 13.8. The maximum Gasteiger partial charge on any atom is 0.258 e. The third-order valence-corrected chi connectivity index (χ3v) is 5.60. The molecule has 1 aliphatic rings. The number of anilines is 2. The fourth-order valence-corrected chi connectivity index (χ4v) is 3.98. The Morgan fingerprint density at radius 3 is 2.32 bits per heavy atom. The Kier molecular flexibility index (Phi) is 6.75. The summed E-state index contributed by atoms with van der Waals surface area (Å²) in [5, 5.41) is 6.18. The van der Waals surface area contributed by atoms with Gasteiger partial charge in [-0.1, -0.05) is 36.4 Å². The lowest BCUT2D eigenvalue weighted by molar-refractivity contribution is -0.118. The molecule has 6 nitrogen and oxygen atoms in total. The van der Waals surface area contributed by atoms with Gasteiger partial charge in [-0.05, 0) is 67.5 Å². The summed E-state index contributed by atoms with van der Waals surface area (Å²) in [5.74, 6) is -1.06. The summed E-state index contributed by atoms with van der Waals surface area (Å²) in [6.45, 7) is 0.822. The van der Waals surface area contributed by atoms with E-state index in [1.807, 2.05) is 62.6 Å². The summed E-state index contributed by atoms with van der Waals surface area (Å²) in [7, 11) is 4.03. The molecule has 4 N–H and O–H groups in total. The average molecular weight is 459 g/mol. The van der Waals surface area contributed by atoms with Crippen molar-refractivity contribution in [3.8, 4) is 0 Å². The number of aryl methyl sites for hydroxylation is 1. The summed E-state index contributed by atoms with van der Waals surface area (Å²) in [4.78, 5) is 26.2. The van der Waals surface area contributed by atoms with Crippen molar-refractivity contribution in [3.63, 3.8) is 0 Å². The number of carbonyl (C=O) groups excluding carboxylic acids is 2. The van der Waals surface area contributed by atoms with Crippen LogP contribution in [0, 0.1) is 5.82 Å². The van der Waals surface area contributed by atoms with Crippen molar-refractivity contribution in [2.24, 2.45) is 5.73 Å². The van der Waals surface area contributed by atoms with Crippen LogP contribution in [0.25, 0.3) is 11.3 Å². The van der Waals surface area contributed by atoms with E-state index < -0.39 is 5.82 Å². The van der Waals surface area contributed by atoms with Crippen LogP contribution in [-0.2, 0) is 22.6 Å². The smallest absolute Gasteiger partial charge is 0.258 e. The van der Waals surface area contributed by atoms with Gasteiger partial charge in [0.05, 0.1) is 17.0 Å². The van der Waals surface area contributed by atoms with Gasteiger partial charge in [-0.15, -0.1) is 0 Å². The van der Waals surface area contributed by atoms with Gasteiger partial charge in [0.15, 0.2) is 0 Å². The minimum atomic E-state index is -0.412. The number of nitrogens with zero attached hydrogens (tertiary/aromatic N) is 1. The Morgan fingerprint density at radius 1 is 1.00 bits per heavy atom.